The third-order valence-electron chi connectivity index (χ3n) is 3.46. The van der Waals surface area contributed by atoms with Gasteiger partial charge in [0.05, 0.1) is 12.3 Å². The topological polar surface area (TPSA) is 38.6 Å². The predicted octanol–water partition coefficient (Wildman–Crippen LogP) is 2.30. The van der Waals surface area contributed by atoms with Crippen LogP contribution in [-0.4, -0.2) is 29.1 Å². The molecule has 0 amide bonds. The van der Waals surface area contributed by atoms with E-state index in [-0.39, 0.29) is 0 Å². The number of imidazole rings is 1. The van der Waals surface area contributed by atoms with Gasteiger partial charge in [-0.2, -0.15) is 0 Å². The average molecular weight is 265 g/mol. The number of ether oxygens (including phenoxy) is 1. The van der Waals surface area contributed by atoms with Gasteiger partial charge >= 0.3 is 0 Å². The molecule has 1 fully saturated rings. The number of hydrogen-bond donors (Lipinski definition) is 1. The summed E-state index contributed by atoms with van der Waals surface area (Å²) in [5.41, 5.74) is 1.03. The molecule has 2 aromatic rings. The molecule has 3 rings (SSSR count). The number of piperidine rings is 1. The lowest BCUT2D eigenvalue weighted by Crippen LogP contribution is -2.30. The highest BCUT2D eigenvalue weighted by Gasteiger charge is 2.12. The first-order chi connectivity index (χ1) is 8.92. The number of fused-ring (bicyclic) bond motifs is 1. The molecule has 5 heteroatoms. The van der Waals surface area contributed by atoms with E-state index in [0.29, 0.717) is 6.61 Å². The Bertz CT molecular complexity index is 459. The second-order valence-corrected chi connectivity index (χ2v) is 5.75. The van der Waals surface area contributed by atoms with E-state index in [1.807, 2.05) is 17.8 Å². The van der Waals surface area contributed by atoms with Crippen LogP contribution in [0.3, 0.4) is 0 Å². The van der Waals surface area contributed by atoms with Crippen LogP contribution in [0.25, 0.3) is 4.96 Å². The van der Waals surface area contributed by atoms with Crippen LogP contribution in [0.2, 0.25) is 0 Å². The van der Waals surface area contributed by atoms with Crippen molar-refractivity contribution < 1.29 is 4.74 Å². The lowest BCUT2D eigenvalue weighted by molar-refractivity contribution is 0.101. The summed E-state index contributed by atoms with van der Waals surface area (Å²) in [4.78, 5) is 5.55. The van der Waals surface area contributed by atoms with Crippen molar-refractivity contribution in [2.24, 2.45) is 5.92 Å². The van der Waals surface area contributed by atoms with Crippen LogP contribution in [0.5, 0.6) is 0 Å². The molecular weight excluding hydrogens is 246 g/mol. The lowest BCUT2D eigenvalue weighted by Gasteiger charge is -2.22. The summed E-state index contributed by atoms with van der Waals surface area (Å²) in [6.07, 6.45) is 7.89. The van der Waals surface area contributed by atoms with Crippen molar-refractivity contribution >= 4 is 16.3 Å². The second-order valence-electron chi connectivity index (χ2n) is 4.88. The fraction of sp³-hybridized carbons (Fsp3) is 0.615. The Balaban J connectivity index is 1.40. The minimum atomic E-state index is 0.633. The van der Waals surface area contributed by atoms with Gasteiger partial charge in [-0.15, -0.1) is 11.3 Å². The van der Waals surface area contributed by atoms with Crippen LogP contribution in [-0.2, 0) is 11.3 Å². The van der Waals surface area contributed by atoms with Crippen LogP contribution in [0, 0.1) is 5.92 Å². The molecule has 0 radical (unpaired) electrons. The lowest BCUT2D eigenvalue weighted by atomic mass is 9.97. The molecule has 18 heavy (non-hydrogen) atoms. The first kappa shape index (κ1) is 12.1. The Morgan fingerprint density at radius 3 is 3.39 bits per heavy atom. The SMILES string of the molecule is c1cn2cc(COCCC3CCCNC3)nc2s1. The molecule has 0 spiro atoms. The number of hydrogen-bond acceptors (Lipinski definition) is 4. The third kappa shape index (κ3) is 2.91. The number of aromatic nitrogens is 2. The molecule has 3 heterocycles. The smallest absolute Gasteiger partial charge is 0.193 e. The summed E-state index contributed by atoms with van der Waals surface area (Å²) in [6.45, 7) is 3.82. The van der Waals surface area contributed by atoms with E-state index < -0.39 is 0 Å². The van der Waals surface area contributed by atoms with E-state index in [1.165, 1.54) is 19.4 Å². The molecule has 1 N–H and O–H groups in total. The van der Waals surface area contributed by atoms with Crippen molar-refractivity contribution in [2.45, 2.75) is 25.9 Å². The van der Waals surface area contributed by atoms with Crippen LogP contribution in [0.15, 0.2) is 17.8 Å². The van der Waals surface area contributed by atoms with E-state index in [9.17, 15) is 0 Å². The molecule has 0 saturated carbocycles. The maximum absolute atomic E-state index is 5.72. The number of rotatable bonds is 5. The maximum Gasteiger partial charge on any atom is 0.193 e. The van der Waals surface area contributed by atoms with Crippen molar-refractivity contribution in [1.82, 2.24) is 14.7 Å². The minimum Gasteiger partial charge on any atom is -0.375 e. The van der Waals surface area contributed by atoms with E-state index in [0.717, 1.165) is 36.1 Å². The molecule has 2 aromatic heterocycles. The monoisotopic (exact) mass is 265 g/mol. The summed E-state index contributed by atoms with van der Waals surface area (Å²) in [7, 11) is 0. The van der Waals surface area contributed by atoms with E-state index >= 15 is 0 Å². The first-order valence-corrected chi connectivity index (χ1v) is 7.49. The normalized spacial score (nSPS) is 20.6. The fourth-order valence-electron chi connectivity index (χ4n) is 2.44. The maximum atomic E-state index is 5.72. The van der Waals surface area contributed by atoms with Gasteiger partial charge in [0, 0.05) is 24.4 Å². The van der Waals surface area contributed by atoms with Crippen LogP contribution in [0.4, 0.5) is 0 Å². The summed E-state index contributed by atoms with van der Waals surface area (Å²) >= 11 is 1.66. The van der Waals surface area contributed by atoms with Gasteiger partial charge in [0.1, 0.15) is 0 Å². The molecule has 1 aliphatic heterocycles. The Kier molecular flexibility index (Phi) is 3.93. The van der Waals surface area contributed by atoms with Gasteiger partial charge in [-0.1, -0.05) is 0 Å². The zero-order valence-electron chi connectivity index (χ0n) is 10.5. The van der Waals surface area contributed by atoms with Gasteiger partial charge in [-0.05, 0) is 38.3 Å². The molecule has 98 valence electrons. The molecule has 1 unspecified atom stereocenters. The largest absolute Gasteiger partial charge is 0.375 e. The average Bonchev–Trinajstić information content (AvgIpc) is 2.96. The minimum absolute atomic E-state index is 0.633. The Hall–Kier alpha value is -0.910. The predicted molar refractivity (Wildman–Crippen MR) is 72.9 cm³/mol. The highest BCUT2D eigenvalue weighted by atomic mass is 32.1. The second kappa shape index (κ2) is 5.82. The van der Waals surface area contributed by atoms with Gasteiger partial charge in [-0.3, -0.25) is 4.40 Å². The quantitative estimate of drug-likeness (QED) is 0.843. The molecule has 1 saturated heterocycles. The van der Waals surface area contributed by atoms with Gasteiger partial charge in [0.15, 0.2) is 4.96 Å². The zero-order valence-corrected chi connectivity index (χ0v) is 11.3. The van der Waals surface area contributed by atoms with E-state index in [4.69, 9.17) is 4.74 Å². The summed E-state index contributed by atoms with van der Waals surface area (Å²) in [6, 6.07) is 0. The highest BCUT2D eigenvalue weighted by Crippen LogP contribution is 2.15. The number of thiazole rings is 1. The molecule has 0 bridgehead atoms. The van der Waals surface area contributed by atoms with Crippen molar-refractivity contribution in [3.8, 4) is 0 Å². The molecule has 1 aliphatic rings. The summed E-state index contributed by atoms with van der Waals surface area (Å²) < 4.78 is 7.77. The fourth-order valence-corrected chi connectivity index (χ4v) is 3.16. The van der Waals surface area contributed by atoms with Crippen molar-refractivity contribution in [2.75, 3.05) is 19.7 Å². The molecule has 1 atom stereocenters. The van der Waals surface area contributed by atoms with Gasteiger partial charge < -0.3 is 10.1 Å². The zero-order chi connectivity index (χ0) is 12.2. The highest BCUT2D eigenvalue weighted by molar-refractivity contribution is 7.15. The molecular formula is C13H19N3OS. The van der Waals surface area contributed by atoms with Crippen molar-refractivity contribution in [3.05, 3.63) is 23.5 Å². The van der Waals surface area contributed by atoms with Crippen LogP contribution < -0.4 is 5.32 Å². The standard InChI is InChI=1S/C13H19N3OS/c1-2-11(8-14-4-1)3-6-17-10-12-9-16-5-7-18-13(16)15-12/h5,7,9,11,14H,1-4,6,8,10H2. The summed E-state index contributed by atoms with van der Waals surface area (Å²) in [5.74, 6) is 0.796. The van der Waals surface area contributed by atoms with Gasteiger partial charge in [0.25, 0.3) is 0 Å². The third-order valence-corrected chi connectivity index (χ3v) is 4.23. The Morgan fingerprint density at radius 1 is 1.56 bits per heavy atom. The van der Waals surface area contributed by atoms with Crippen molar-refractivity contribution in [1.29, 1.82) is 0 Å². The van der Waals surface area contributed by atoms with Crippen LogP contribution in [0.1, 0.15) is 25.0 Å². The Labute approximate surface area is 111 Å². The van der Waals surface area contributed by atoms with Gasteiger partial charge in [0.2, 0.25) is 0 Å². The Morgan fingerprint density at radius 2 is 2.56 bits per heavy atom. The van der Waals surface area contributed by atoms with E-state index in [2.05, 4.69) is 14.7 Å². The number of nitrogens with one attached hydrogen (secondary N) is 1. The van der Waals surface area contributed by atoms with Crippen LogP contribution >= 0.6 is 11.3 Å². The first-order valence-electron chi connectivity index (χ1n) is 6.61. The summed E-state index contributed by atoms with van der Waals surface area (Å²) in [5, 5.41) is 5.48. The molecule has 0 aromatic carbocycles. The van der Waals surface area contributed by atoms with Crippen molar-refractivity contribution in [3.63, 3.8) is 0 Å². The van der Waals surface area contributed by atoms with E-state index in [1.54, 1.807) is 11.3 Å². The number of nitrogens with zero attached hydrogens (tertiary/aromatic N) is 2. The molecule has 0 aliphatic carbocycles. The van der Waals surface area contributed by atoms with Gasteiger partial charge in [-0.25, -0.2) is 4.98 Å². The molecule has 4 nitrogen and oxygen atoms in total.